The number of hydrogen-bond acceptors (Lipinski definition) is 2. The average molecular weight is 745 g/mol. The topological polar surface area (TPSA) is 8.17 Å². The Hall–Kier alpha value is -7.20. The lowest BCUT2D eigenvalue weighted by molar-refractivity contribution is 1.18. The van der Waals surface area contributed by atoms with Gasteiger partial charge in [0.05, 0.1) is 22.4 Å². The molecule has 0 radical (unpaired) electrons. The molecule has 2 nitrogen and oxygen atoms in total. The summed E-state index contributed by atoms with van der Waals surface area (Å²) in [5.74, 6) is 0. The van der Waals surface area contributed by atoms with Gasteiger partial charge < -0.3 is 9.47 Å². The van der Waals surface area contributed by atoms with E-state index in [1.54, 1.807) is 0 Å². The van der Waals surface area contributed by atoms with Crippen molar-refractivity contribution in [2.75, 3.05) is 4.90 Å². The Labute approximate surface area is 335 Å². The summed E-state index contributed by atoms with van der Waals surface area (Å²) in [6.45, 7) is 0. The standard InChI is InChI=1S/C54H36N2S/c1-4-16-37(17-5-1)38-30-32-40(33-31-38)44-24-14-26-49-53(44)46-36-42(34-35-48(46)55(49)41-20-8-3-9-21-41)56(47-25-12-10-22-43(47)39-18-6-2-7-19-39)50-27-15-29-52-54(50)45-23-11-13-28-51(45)57-52/h1-36H. The van der Waals surface area contributed by atoms with Gasteiger partial charge >= 0.3 is 0 Å². The number of rotatable bonds is 7. The summed E-state index contributed by atoms with van der Waals surface area (Å²) in [6, 6.07) is 79.4. The SMILES string of the molecule is c1ccc(-c2ccc(-c3cccc4c3c3cc(N(c5ccccc5-c5ccccc5)c5cccc6sc7ccccc7c56)ccc3n4-c3ccccc3)cc2)cc1. The highest BCUT2D eigenvalue weighted by Crippen LogP contribution is 2.49. The highest BCUT2D eigenvalue weighted by molar-refractivity contribution is 7.26. The number of para-hydroxylation sites is 2. The molecule has 268 valence electrons. The van der Waals surface area contributed by atoms with Crippen molar-refractivity contribution in [2.45, 2.75) is 0 Å². The van der Waals surface area contributed by atoms with Crippen molar-refractivity contribution in [3.05, 3.63) is 218 Å². The van der Waals surface area contributed by atoms with Crippen molar-refractivity contribution in [1.82, 2.24) is 4.57 Å². The molecular formula is C54H36N2S. The van der Waals surface area contributed by atoms with Crippen LogP contribution in [0.2, 0.25) is 0 Å². The van der Waals surface area contributed by atoms with E-state index in [9.17, 15) is 0 Å². The molecule has 3 heteroatoms. The molecule has 0 atom stereocenters. The van der Waals surface area contributed by atoms with Crippen LogP contribution in [0, 0.1) is 0 Å². The van der Waals surface area contributed by atoms with E-state index in [-0.39, 0.29) is 0 Å². The molecule has 0 amide bonds. The highest BCUT2D eigenvalue weighted by Gasteiger charge is 2.23. The first-order valence-corrected chi connectivity index (χ1v) is 20.3. The van der Waals surface area contributed by atoms with Gasteiger partial charge in [-0.3, -0.25) is 0 Å². The maximum atomic E-state index is 2.49. The molecule has 0 fully saturated rings. The van der Waals surface area contributed by atoms with Crippen LogP contribution >= 0.6 is 11.3 Å². The van der Waals surface area contributed by atoms with E-state index < -0.39 is 0 Å². The summed E-state index contributed by atoms with van der Waals surface area (Å²) in [4.78, 5) is 2.49. The molecule has 2 aromatic heterocycles. The number of aromatic nitrogens is 1. The van der Waals surface area contributed by atoms with E-state index in [0.717, 1.165) is 22.7 Å². The quantitative estimate of drug-likeness (QED) is 0.158. The van der Waals surface area contributed by atoms with Gasteiger partial charge in [-0.25, -0.2) is 0 Å². The molecule has 11 aromatic rings. The van der Waals surface area contributed by atoms with Crippen LogP contribution in [0.25, 0.3) is 81.0 Å². The van der Waals surface area contributed by atoms with E-state index in [4.69, 9.17) is 0 Å². The van der Waals surface area contributed by atoms with E-state index in [0.29, 0.717) is 0 Å². The zero-order chi connectivity index (χ0) is 37.7. The third kappa shape index (κ3) is 5.63. The second-order valence-corrected chi connectivity index (χ2v) is 15.6. The molecule has 11 rings (SSSR count). The molecule has 9 aromatic carbocycles. The smallest absolute Gasteiger partial charge is 0.0555 e. The molecular weight excluding hydrogens is 709 g/mol. The molecule has 0 saturated heterocycles. The van der Waals surface area contributed by atoms with Crippen molar-refractivity contribution >= 4 is 70.4 Å². The summed E-state index contributed by atoms with van der Waals surface area (Å²) in [6.07, 6.45) is 0. The molecule has 0 spiro atoms. The minimum Gasteiger partial charge on any atom is -0.309 e. The minimum atomic E-state index is 1.11. The second kappa shape index (κ2) is 13.8. The lowest BCUT2D eigenvalue weighted by Crippen LogP contribution is -2.11. The summed E-state index contributed by atoms with van der Waals surface area (Å²) in [7, 11) is 0. The predicted molar refractivity (Wildman–Crippen MR) is 245 cm³/mol. The fraction of sp³-hybridized carbons (Fsp3) is 0. The van der Waals surface area contributed by atoms with Crippen LogP contribution in [-0.2, 0) is 0 Å². The maximum Gasteiger partial charge on any atom is 0.0555 e. The first-order chi connectivity index (χ1) is 28.3. The Kier molecular flexibility index (Phi) is 8.04. The van der Waals surface area contributed by atoms with E-state index in [1.807, 2.05) is 11.3 Å². The Morgan fingerprint density at radius 2 is 0.930 bits per heavy atom. The Morgan fingerprint density at radius 1 is 0.351 bits per heavy atom. The van der Waals surface area contributed by atoms with Crippen molar-refractivity contribution in [3.63, 3.8) is 0 Å². The average Bonchev–Trinajstić information content (AvgIpc) is 3.84. The second-order valence-electron chi connectivity index (χ2n) is 14.5. The zero-order valence-electron chi connectivity index (χ0n) is 31.1. The molecule has 0 saturated carbocycles. The number of fused-ring (bicyclic) bond motifs is 6. The van der Waals surface area contributed by atoms with Gasteiger partial charge in [0.2, 0.25) is 0 Å². The number of benzene rings is 9. The minimum absolute atomic E-state index is 1.11. The fourth-order valence-electron chi connectivity index (χ4n) is 8.65. The van der Waals surface area contributed by atoms with Crippen LogP contribution in [-0.4, -0.2) is 4.57 Å². The lowest BCUT2D eigenvalue weighted by Gasteiger charge is -2.29. The van der Waals surface area contributed by atoms with Crippen molar-refractivity contribution in [3.8, 4) is 39.1 Å². The number of anilines is 3. The van der Waals surface area contributed by atoms with Gasteiger partial charge in [-0.05, 0) is 88.5 Å². The number of hydrogen-bond donors (Lipinski definition) is 0. The normalized spacial score (nSPS) is 11.5. The van der Waals surface area contributed by atoms with Crippen LogP contribution in [0.5, 0.6) is 0 Å². The monoisotopic (exact) mass is 744 g/mol. The Morgan fingerprint density at radius 3 is 1.74 bits per heavy atom. The van der Waals surface area contributed by atoms with Crippen LogP contribution in [0.15, 0.2) is 218 Å². The molecule has 0 aliphatic heterocycles. The molecule has 0 N–H and O–H groups in total. The Bertz CT molecular complexity index is 3220. The van der Waals surface area contributed by atoms with E-state index >= 15 is 0 Å². The van der Waals surface area contributed by atoms with Crippen LogP contribution in [0.1, 0.15) is 0 Å². The van der Waals surface area contributed by atoms with Gasteiger partial charge in [0.1, 0.15) is 0 Å². The lowest BCUT2D eigenvalue weighted by atomic mass is 9.96. The number of thiophene rings is 1. The van der Waals surface area contributed by atoms with Gasteiger partial charge in [0.25, 0.3) is 0 Å². The fourth-order valence-corrected chi connectivity index (χ4v) is 9.77. The molecule has 2 heterocycles. The maximum absolute atomic E-state index is 2.49. The van der Waals surface area contributed by atoms with Crippen molar-refractivity contribution in [2.24, 2.45) is 0 Å². The third-order valence-corrected chi connectivity index (χ3v) is 12.3. The van der Waals surface area contributed by atoms with Gasteiger partial charge in [0.15, 0.2) is 0 Å². The first kappa shape index (κ1) is 33.2. The first-order valence-electron chi connectivity index (χ1n) is 19.4. The third-order valence-electron chi connectivity index (χ3n) is 11.2. The molecule has 0 unspecified atom stereocenters. The van der Waals surface area contributed by atoms with Gasteiger partial charge in [-0.1, -0.05) is 158 Å². The summed E-state index contributed by atoms with van der Waals surface area (Å²) in [5.41, 5.74) is 14.1. The van der Waals surface area contributed by atoms with Crippen LogP contribution in [0.4, 0.5) is 17.1 Å². The van der Waals surface area contributed by atoms with Crippen LogP contribution in [0.3, 0.4) is 0 Å². The van der Waals surface area contributed by atoms with Crippen LogP contribution < -0.4 is 4.90 Å². The zero-order valence-corrected chi connectivity index (χ0v) is 31.9. The molecule has 0 bridgehead atoms. The predicted octanol–water partition coefficient (Wildman–Crippen LogP) is 15.6. The largest absolute Gasteiger partial charge is 0.309 e. The van der Waals surface area contributed by atoms with Crippen molar-refractivity contribution in [1.29, 1.82) is 0 Å². The van der Waals surface area contributed by atoms with E-state index in [1.165, 1.54) is 75.4 Å². The van der Waals surface area contributed by atoms with Crippen molar-refractivity contribution < 1.29 is 0 Å². The number of nitrogens with zero attached hydrogens (tertiary/aromatic N) is 2. The molecule has 0 aliphatic rings. The molecule has 57 heavy (non-hydrogen) atoms. The van der Waals surface area contributed by atoms with Gasteiger partial charge in [-0.2, -0.15) is 0 Å². The van der Waals surface area contributed by atoms with Gasteiger partial charge in [-0.15, -0.1) is 11.3 Å². The Balaban J connectivity index is 1.20. The summed E-state index contributed by atoms with van der Waals surface area (Å²) in [5, 5.41) is 4.99. The molecule has 0 aliphatic carbocycles. The van der Waals surface area contributed by atoms with E-state index in [2.05, 4.69) is 228 Å². The summed E-state index contributed by atoms with van der Waals surface area (Å²) >= 11 is 1.86. The van der Waals surface area contributed by atoms with Gasteiger partial charge in [0, 0.05) is 47.9 Å². The highest BCUT2D eigenvalue weighted by atomic mass is 32.1. The summed E-state index contributed by atoms with van der Waals surface area (Å²) < 4.78 is 4.99.